The third-order valence-electron chi connectivity index (χ3n) is 3.48. The fourth-order valence-electron chi connectivity index (χ4n) is 2.37. The molecule has 0 spiro atoms. The number of aromatic nitrogens is 2. The predicted octanol–water partition coefficient (Wildman–Crippen LogP) is 3.60. The van der Waals surface area contributed by atoms with Gasteiger partial charge in [-0.3, -0.25) is 9.78 Å². The quantitative estimate of drug-likeness (QED) is 0.726. The monoisotopic (exact) mass is 408 g/mol. The first-order valence-electron chi connectivity index (χ1n) is 9.04. The van der Waals surface area contributed by atoms with Crippen molar-refractivity contribution in [3.05, 3.63) is 58.9 Å². The Labute approximate surface area is 169 Å². The maximum Gasteiger partial charge on any atom is 0.272 e. The summed E-state index contributed by atoms with van der Waals surface area (Å²) in [7, 11) is 0. The van der Waals surface area contributed by atoms with Crippen molar-refractivity contribution in [1.82, 2.24) is 9.97 Å². The first-order chi connectivity index (χ1) is 13.5. The second-order valence-electron chi connectivity index (χ2n) is 7.25. The van der Waals surface area contributed by atoms with E-state index in [1.54, 1.807) is 12.1 Å². The Hall–Kier alpha value is -2.65. The molecule has 0 aliphatic heterocycles. The molecule has 0 fully saturated rings. The minimum atomic E-state index is -2.49. The highest BCUT2D eigenvalue weighted by molar-refractivity contribution is 5.90. The second kappa shape index (κ2) is 11.4. The Morgan fingerprint density at radius 3 is 2.38 bits per heavy atom. The number of carbonyl (C=O) groups excluding carboxylic acids is 1. The van der Waals surface area contributed by atoms with Crippen molar-refractivity contribution in [3.63, 3.8) is 0 Å². The van der Waals surface area contributed by atoms with Gasteiger partial charge in [-0.25, -0.2) is 13.8 Å². The summed E-state index contributed by atoms with van der Waals surface area (Å²) in [6.45, 7) is 7.75. The fraction of sp³-hybridized carbons (Fsp3) is 0.450. The number of nitrogens with two attached hydrogens (primary N) is 2. The number of carbonyl (C=O) groups is 1. The first kappa shape index (κ1) is 24.4. The Morgan fingerprint density at radius 1 is 1.24 bits per heavy atom. The van der Waals surface area contributed by atoms with Gasteiger partial charge >= 0.3 is 0 Å². The summed E-state index contributed by atoms with van der Waals surface area (Å²) in [5, 5.41) is 4.65. The van der Waals surface area contributed by atoms with Crippen LogP contribution in [0.4, 0.5) is 8.78 Å². The number of benzene rings is 1. The van der Waals surface area contributed by atoms with E-state index in [-0.39, 0.29) is 17.3 Å². The number of rotatable bonds is 7. The number of halogens is 2. The molecule has 4 N–H and O–H groups in total. The number of nitrogens with zero attached hydrogens (tertiary/aromatic N) is 3. The summed E-state index contributed by atoms with van der Waals surface area (Å²) < 4.78 is 29.5. The maximum absolute atomic E-state index is 12.2. The molecule has 0 bridgehead atoms. The molecule has 7 nitrogen and oxygen atoms in total. The van der Waals surface area contributed by atoms with E-state index in [1.807, 2.05) is 33.8 Å². The van der Waals surface area contributed by atoms with Gasteiger partial charge in [-0.2, -0.15) is 0 Å². The number of primary amides is 1. The van der Waals surface area contributed by atoms with Crippen LogP contribution in [0.25, 0.3) is 5.32 Å². The fourth-order valence-corrected chi connectivity index (χ4v) is 2.37. The zero-order valence-electron chi connectivity index (χ0n) is 17.1. The van der Waals surface area contributed by atoms with Crippen molar-refractivity contribution in [2.75, 3.05) is 6.61 Å². The van der Waals surface area contributed by atoms with Gasteiger partial charge in [0.1, 0.15) is 18.1 Å². The van der Waals surface area contributed by atoms with E-state index in [4.69, 9.17) is 16.2 Å². The third kappa shape index (κ3) is 9.91. The van der Waals surface area contributed by atoms with Crippen LogP contribution in [0.3, 0.4) is 0 Å². The maximum atomic E-state index is 12.2. The normalized spacial score (nSPS) is 12.1. The van der Waals surface area contributed by atoms with Crippen LogP contribution in [0.2, 0.25) is 0 Å². The lowest BCUT2D eigenvalue weighted by Crippen LogP contribution is -2.15. The van der Waals surface area contributed by atoms with Gasteiger partial charge in [-0.05, 0) is 17.7 Å². The van der Waals surface area contributed by atoms with Crippen LogP contribution in [0.5, 0.6) is 5.75 Å². The molecule has 0 aliphatic rings. The summed E-state index contributed by atoms with van der Waals surface area (Å²) in [5.41, 5.74) is 12.3. The molecule has 0 saturated heterocycles. The number of hydrogen-bond acceptors (Lipinski definition) is 5. The van der Waals surface area contributed by atoms with Crippen molar-refractivity contribution in [2.24, 2.45) is 11.5 Å². The van der Waals surface area contributed by atoms with E-state index < -0.39 is 18.9 Å². The molecule has 2 rings (SSSR count). The molecule has 1 aromatic carbocycles. The average Bonchev–Trinajstić information content (AvgIpc) is 2.66. The molecular formula is C20H28F2N5O2-. The van der Waals surface area contributed by atoms with Crippen molar-refractivity contribution < 1.29 is 18.3 Å². The van der Waals surface area contributed by atoms with E-state index in [2.05, 4.69) is 15.3 Å². The van der Waals surface area contributed by atoms with Gasteiger partial charge in [0.15, 0.2) is 0 Å². The summed E-state index contributed by atoms with van der Waals surface area (Å²) in [6, 6.07) is 5.34. The van der Waals surface area contributed by atoms with Crippen molar-refractivity contribution in [1.29, 1.82) is 0 Å². The topological polar surface area (TPSA) is 118 Å². The number of ether oxygens (including phenoxy) is 1. The van der Waals surface area contributed by atoms with Gasteiger partial charge in [0.2, 0.25) is 0 Å². The van der Waals surface area contributed by atoms with Crippen LogP contribution in [0.1, 0.15) is 55.4 Å². The van der Waals surface area contributed by atoms with Gasteiger partial charge in [0, 0.05) is 18.9 Å². The lowest BCUT2D eigenvalue weighted by Gasteiger charge is -2.42. The second-order valence-corrected chi connectivity index (χ2v) is 7.25. The smallest absolute Gasteiger partial charge is 0.272 e. The summed E-state index contributed by atoms with van der Waals surface area (Å²) in [5.74, 6) is -0.137. The summed E-state index contributed by atoms with van der Waals surface area (Å²) in [6.07, 6.45) is 1.73. The zero-order valence-corrected chi connectivity index (χ0v) is 17.1. The highest BCUT2D eigenvalue weighted by Crippen LogP contribution is 2.32. The van der Waals surface area contributed by atoms with Crippen molar-refractivity contribution >= 4 is 5.91 Å². The standard InChI is InChI=1S/C15H23F2N2O.C5H5N3O/c1-10(19-15(2,3)4)12-5-11(8-18)6-13(7-12)20-9-14(16)17;6-5(9)4-3-7-1-2-8-4/h5-7,10,14H,8-9,18H2,1-4H3;1-3H,(H2,6,9)/q-1;. The first-order valence-corrected chi connectivity index (χ1v) is 9.04. The molecular weight excluding hydrogens is 380 g/mol. The van der Waals surface area contributed by atoms with Crippen LogP contribution in [-0.4, -0.2) is 34.4 Å². The van der Waals surface area contributed by atoms with E-state index in [1.165, 1.54) is 18.6 Å². The zero-order chi connectivity index (χ0) is 22.0. The molecule has 160 valence electrons. The van der Waals surface area contributed by atoms with Crippen LogP contribution in [0.15, 0.2) is 36.8 Å². The Bertz CT molecular complexity index is 767. The highest BCUT2D eigenvalue weighted by atomic mass is 19.3. The van der Waals surface area contributed by atoms with E-state index in [9.17, 15) is 13.6 Å². The minimum Gasteiger partial charge on any atom is -0.651 e. The Balaban J connectivity index is 0.000000387. The van der Waals surface area contributed by atoms with Crippen LogP contribution >= 0.6 is 0 Å². The number of alkyl halides is 2. The number of amides is 1. The molecule has 1 heterocycles. The molecule has 1 atom stereocenters. The van der Waals surface area contributed by atoms with E-state index in [0.717, 1.165) is 11.1 Å². The third-order valence-corrected chi connectivity index (χ3v) is 3.48. The molecule has 2 aromatic rings. The SMILES string of the molecule is CC([N-]C(C)(C)C)c1cc(CN)cc(OCC(F)F)c1.NC(=O)c1cnccn1. The highest BCUT2D eigenvalue weighted by Gasteiger charge is 2.08. The van der Waals surface area contributed by atoms with Gasteiger partial charge in [0.05, 0.1) is 6.20 Å². The van der Waals surface area contributed by atoms with Crippen LogP contribution in [-0.2, 0) is 6.54 Å². The van der Waals surface area contributed by atoms with E-state index in [0.29, 0.717) is 12.3 Å². The van der Waals surface area contributed by atoms with E-state index >= 15 is 0 Å². The van der Waals surface area contributed by atoms with Crippen molar-refractivity contribution in [2.45, 2.75) is 52.2 Å². The van der Waals surface area contributed by atoms with Crippen molar-refractivity contribution in [3.8, 4) is 5.75 Å². The molecule has 9 heteroatoms. The largest absolute Gasteiger partial charge is 0.651 e. The van der Waals surface area contributed by atoms with Gasteiger partial charge < -0.3 is 21.5 Å². The molecule has 0 radical (unpaired) electrons. The molecule has 1 aromatic heterocycles. The van der Waals surface area contributed by atoms with Gasteiger partial charge in [-0.1, -0.05) is 39.3 Å². The molecule has 1 unspecified atom stereocenters. The van der Waals surface area contributed by atoms with Gasteiger partial charge in [-0.15, -0.1) is 11.6 Å². The minimum absolute atomic E-state index is 0.0459. The molecule has 29 heavy (non-hydrogen) atoms. The molecule has 0 saturated carbocycles. The van der Waals surface area contributed by atoms with Crippen LogP contribution in [0, 0.1) is 0 Å². The molecule has 1 amide bonds. The Kier molecular flexibility index (Phi) is 9.57. The lowest BCUT2D eigenvalue weighted by atomic mass is 10.0. The summed E-state index contributed by atoms with van der Waals surface area (Å²) >= 11 is 0. The lowest BCUT2D eigenvalue weighted by molar-refractivity contribution is 0.0818. The van der Waals surface area contributed by atoms with Crippen LogP contribution < -0.4 is 16.2 Å². The molecule has 0 aliphatic carbocycles. The summed E-state index contributed by atoms with van der Waals surface area (Å²) in [4.78, 5) is 17.6. The average molecular weight is 408 g/mol. The number of hydrogen-bond donors (Lipinski definition) is 2. The van der Waals surface area contributed by atoms with Gasteiger partial charge in [0.25, 0.3) is 12.3 Å². The Morgan fingerprint density at radius 2 is 1.93 bits per heavy atom. The predicted molar refractivity (Wildman–Crippen MR) is 108 cm³/mol.